The molecule has 1 aromatic heterocycles. The Labute approximate surface area is 100 Å². The van der Waals surface area contributed by atoms with Crippen molar-refractivity contribution in [1.29, 1.82) is 0 Å². The van der Waals surface area contributed by atoms with Crippen molar-refractivity contribution in [2.75, 3.05) is 5.73 Å². The lowest BCUT2D eigenvalue weighted by molar-refractivity contribution is 0.639. The fraction of sp³-hybridized carbons (Fsp3) is 0.308. The molecule has 1 heterocycles. The number of benzene rings is 1. The van der Waals surface area contributed by atoms with E-state index in [9.17, 15) is 0 Å². The van der Waals surface area contributed by atoms with Crippen LogP contribution >= 0.6 is 11.3 Å². The molecular weight excluding hydrogens is 216 g/mol. The van der Waals surface area contributed by atoms with Gasteiger partial charge in [0.05, 0.1) is 5.69 Å². The molecule has 0 unspecified atom stereocenters. The van der Waals surface area contributed by atoms with Crippen LogP contribution in [0.2, 0.25) is 0 Å². The zero-order chi connectivity index (χ0) is 11.5. The summed E-state index contributed by atoms with van der Waals surface area (Å²) in [6, 6.07) is 10.2. The number of nitrogens with zero attached hydrogens (tertiary/aromatic N) is 1. The summed E-state index contributed by atoms with van der Waals surface area (Å²) >= 11 is 1.58. The van der Waals surface area contributed by atoms with E-state index in [4.69, 9.17) is 5.73 Å². The smallest absolute Gasteiger partial charge is 0.125 e. The van der Waals surface area contributed by atoms with Gasteiger partial charge in [0, 0.05) is 5.56 Å². The van der Waals surface area contributed by atoms with E-state index in [2.05, 4.69) is 31.0 Å². The second-order valence-electron chi connectivity index (χ2n) is 4.29. The molecule has 0 spiro atoms. The van der Waals surface area contributed by atoms with E-state index in [1.54, 1.807) is 11.3 Å². The molecule has 0 aliphatic rings. The highest BCUT2D eigenvalue weighted by atomic mass is 32.1. The second-order valence-corrected chi connectivity index (χ2v) is 5.32. The molecule has 2 aromatic rings. The number of hydrogen-bond acceptors (Lipinski definition) is 3. The number of nitrogens with two attached hydrogens (primary N) is 1. The van der Waals surface area contributed by atoms with Crippen LogP contribution in [-0.4, -0.2) is 4.98 Å². The van der Waals surface area contributed by atoms with Gasteiger partial charge in [0.1, 0.15) is 10.0 Å². The predicted molar refractivity (Wildman–Crippen MR) is 70.5 cm³/mol. The molecule has 0 fully saturated rings. The van der Waals surface area contributed by atoms with Gasteiger partial charge in [0.25, 0.3) is 0 Å². The van der Waals surface area contributed by atoms with E-state index in [0.717, 1.165) is 27.7 Å². The van der Waals surface area contributed by atoms with Crippen LogP contribution in [0.1, 0.15) is 19.5 Å². The normalized spacial score (nSPS) is 10.9. The highest BCUT2D eigenvalue weighted by Gasteiger charge is 2.10. The third-order valence-corrected chi connectivity index (χ3v) is 3.33. The molecular formula is C13H16N2S. The van der Waals surface area contributed by atoms with Gasteiger partial charge in [-0.25, -0.2) is 4.98 Å². The van der Waals surface area contributed by atoms with Crippen molar-refractivity contribution >= 4 is 16.3 Å². The van der Waals surface area contributed by atoms with Crippen molar-refractivity contribution in [3.8, 4) is 10.6 Å². The van der Waals surface area contributed by atoms with Gasteiger partial charge < -0.3 is 5.73 Å². The lowest BCUT2D eigenvalue weighted by atomic mass is 10.1. The molecule has 2 N–H and O–H groups in total. The lowest BCUT2D eigenvalue weighted by Crippen LogP contribution is -1.97. The SMILES string of the molecule is CC(C)Cc1nc(-c2ccccc2)sc1N. The molecule has 0 radical (unpaired) electrons. The molecule has 84 valence electrons. The zero-order valence-electron chi connectivity index (χ0n) is 9.60. The predicted octanol–water partition coefficient (Wildman–Crippen LogP) is 3.59. The molecule has 2 nitrogen and oxygen atoms in total. The third kappa shape index (κ3) is 2.42. The average Bonchev–Trinajstić information content (AvgIpc) is 2.61. The van der Waals surface area contributed by atoms with Gasteiger partial charge in [-0.1, -0.05) is 55.5 Å². The molecule has 0 atom stereocenters. The summed E-state index contributed by atoms with van der Waals surface area (Å²) in [5.74, 6) is 0.591. The first-order valence-corrected chi connectivity index (χ1v) is 6.29. The summed E-state index contributed by atoms with van der Waals surface area (Å²) in [6.07, 6.45) is 0.954. The fourth-order valence-electron chi connectivity index (χ4n) is 1.60. The zero-order valence-corrected chi connectivity index (χ0v) is 10.4. The largest absolute Gasteiger partial charge is 0.389 e. The summed E-state index contributed by atoms with van der Waals surface area (Å²) in [5.41, 5.74) is 8.17. The quantitative estimate of drug-likeness (QED) is 0.878. The molecule has 0 aliphatic carbocycles. The van der Waals surface area contributed by atoms with Crippen LogP contribution in [-0.2, 0) is 6.42 Å². The first-order chi connectivity index (χ1) is 7.66. The summed E-state index contributed by atoms with van der Waals surface area (Å²) in [5, 5.41) is 1.88. The van der Waals surface area contributed by atoms with Crippen LogP contribution < -0.4 is 5.73 Å². The lowest BCUT2D eigenvalue weighted by Gasteiger charge is -2.00. The van der Waals surface area contributed by atoms with E-state index in [1.807, 2.05) is 18.2 Å². The molecule has 0 amide bonds. The van der Waals surface area contributed by atoms with Crippen molar-refractivity contribution in [2.24, 2.45) is 5.92 Å². The van der Waals surface area contributed by atoms with E-state index in [0.29, 0.717) is 5.92 Å². The molecule has 2 rings (SSSR count). The Morgan fingerprint density at radius 2 is 1.94 bits per heavy atom. The Hall–Kier alpha value is -1.35. The van der Waals surface area contributed by atoms with Gasteiger partial charge in [-0.15, -0.1) is 0 Å². The van der Waals surface area contributed by atoms with Crippen LogP contribution in [0.25, 0.3) is 10.6 Å². The van der Waals surface area contributed by atoms with Gasteiger partial charge in [-0.3, -0.25) is 0 Å². The van der Waals surface area contributed by atoms with Crippen LogP contribution in [0.15, 0.2) is 30.3 Å². The number of aromatic nitrogens is 1. The molecule has 0 bridgehead atoms. The average molecular weight is 232 g/mol. The summed E-state index contributed by atoms with van der Waals surface area (Å²) in [4.78, 5) is 4.61. The molecule has 1 aromatic carbocycles. The Balaban J connectivity index is 2.31. The highest BCUT2D eigenvalue weighted by molar-refractivity contribution is 7.18. The van der Waals surface area contributed by atoms with E-state index < -0.39 is 0 Å². The molecule has 0 saturated carbocycles. The Kier molecular flexibility index (Phi) is 3.25. The van der Waals surface area contributed by atoms with Crippen LogP contribution in [0.4, 0.5) is 5.00 Å². The molecule has 16 heavy (non-hydrogen) atoms. The Morgan fingerprint density at radius 3 is 2.56 bits per heavy atom. The van der Waals surface area contributed by atoms with Gasteiger partial charge >= 0.3 is 0 Å². The Morgan fingerprint density at radius 1 is 1.25 bits per heavy atom. The number of nitrogen functional groups attached to an aromatic ring is 1. The van der Waals surface area contributed by atoms with Gasteiger partial charge in [0.15, 0.2) is 0 Å². The van der Waals surface area contributed by atoms with E-state index in [-0.39, 0.29) is 0 Å². The number of hydrogen-bond donors (Lipinski definition) is 1. The standard InChI is InChI=1S/C13H16N2S/c1-9(2)8-11-12(14)16-13(15-11)10-6-4-3-5-7-10/h3-7,9H,8,14H2,1-2H3. The first-order valence-electron chi connectivity index (χ1n) is 5.47. The summed E-state index contributed by atoms with van der Waals surface area (Å²) < 4.78 is 0. The summed E-state index contributed by atoms with van der Waals surface area (Å²) in [6.45, 7) is 4.36. The van der Waals surface area contributed by atoms with E-state index in [1.165, 1.54) is 0 Å². The summed E-state index contributed by atoms with van der Waals surface area (Å²) in [7, 11) is 0. The van der Waals surface area contributed by atoms with E-state index >= 15 is 0 Å². The van der Waals surface area contributed by atoms with Gasteiger partial charge in [0.2, 0.25) is 0 Å². The topological polar surface area (TPSA) is 38.9 Å². The second kappa shape index (κ2) is 4.66. The monoisotopic (exact) mass is 232 g/mol. The fourth-order valence-corrected chi connectivity index (χ4v) is 2.47. The maximum absolute atomic E-state index is 5.98. The van der Waals surface area contributed by atoms with Crippen LogP contribution in [0.5, 0.6) is 0 Å². The van der Waals surface area contributed by atoms with Crippen molar-refractivity contribution in [3.05, 3.63) is 36.0 Å². The minimum Gasteiger partial charge on any atom is -0.389 e. The van der Waals surface area contributed by atoms with Crippen molar-refractivity contribution in [1.82, 2.24) is 4.98 Å². The third-order valence-electron chi connectivity index (χ3n) is 2.35. The number of anilines is 1. The minimum absolute atomic E-state index is 0.591. The number of thiazole rings is 1. The van der Waals surface area contributed by atoms with Crippen LogP contribution in [0, 0.1) is 5.92 Å². The molecule has 0 saturated heterocycles. The minimum atomic E-state index is 0.591. The van der Waals surface area contributed by atoms with Crippen LogP contribution in [0.3, 0.4) is 0 Å². The Bertz CT molecular complexity index is 460. The maximum Gasteiger partial charge on any atom is 0.125 e. The highest BCUT2D eigenvalue weighted by Crippen LogP contribution is 2.30. The van der Waals surface area contributed by atoms with Gasteiger partial charge in [-0.2, -0.15) is 0 Å². The maximum atomic E-state index is 5.98. The van der Waals surface area contributed by atoms with Gasteiger partial charge in [-0.05, 0) is 12.3 Å². The molecule has 3 heteroatoms. The van der Waals surface area contributed by atoms with Crippen molar-refractivity contribution in [2.45, 2.75) is 20.3 Å². The van der Waals surface area contributed by atoms with Crippen molar-refractivity contribution < 1.29 is 0 Å². The first kappa shape index (κ1) is 11.1. The van der Waals surface area contributed by atoms with Crippen molar-refractivity contribution in [3.63, 3.8) is 0 Å². The number of rotatable bonds is 3. The molecule has 0 aliphatic heterocycles.